The highest BCUT2D eigenvalue weighted by atomic mass is 19.1. The van der Waals surface area contributed by atoms with Crippen molar-refractivity contribution in [3.8, 4) is 11.5 Å². The molecular formula is C27H30FN3O4. The van der Waals surface area contributed by atoms with Gasteiger partial charge in [-0.2, -0.15) is 0 Å². The van der Waals surface area contributed by atoms with Gasteiger partial charge in [-0.05, 0) is 36.8 Å². The second-order valence-electron chi connectivity index (χ2n) is 8.43. The number of aromatic nitrogens is 1. The maximum Gasteiger partial charge on any atom is 0.258 e. The lowest BCUT2D eigenvalue weighted by atomic mass is 9.99. The van der Waals surface area contributed by atoms with Gasteiger partial charge in [0.2, 0.25) is 5.91 Å². The van der Waals surface area contributed by atoms with E-state index in [0.29, 0.717) is 48.7 Å². The Kier molecular flexibility index (Phi) is 7.39. The number of nitrogens with zero attached hydrogens (tertiary/aromatic N) is 3. The molecule has 2 amide bonds. The van der Waals surface area contributed by atoms with Crippen LogP contribution in [0.25, 0.3) is 0 Å². The van der Waals surface area contributed by atoms with Crippen LogP contribution in [-0.2, 0) is 11.3 Å². The number of carbonyl (C=O) groups excluding carboxylic acids is 2. The van der Waals surface area contributed by atoms with Gasteiger partial charge in [-0.15, -0.1) is 0 Å². The highest BCUT2D eigenvalue weighted by molar-refractivity contribution is 5.99. The first-order valence-electron chi connectivity index (χ1n) is 11.7. The van der Waals surface area contributed by atoms with Crippen LogP contribution >= 0.6 is 0 Å². The van der Waals surface area contributed by atoms with Gasteiger partial charge in [0.15, 0.2) is 0 Å². The summed E-state index contributed by atoms with van der Waals surface area (Å²) in [7, 11) is 3.03. The number of ether oxygens (including phenoxy) is 2. The molecule has 4 rings (SSSR count). The predicted octanol–water partition coefficient (Wildman–Crippen LogP) is 4.13. The molecule has 0 bridgehead atoms. The summed E-state index contributed by atoms with van der Waals surface area (Å²) in [5, 5.41) is 0. The van der Waals surface area contributed by atoms with Gasteiger partial charge in [0.25, 0.3) is 5.91 Å². The van der Waals surface area contributed by atoms with Gasteiger partial charge < -0.3 is 23.8 Å². The molecule has 2 aromatic carbocycles. The summed E-state index contributed by atoms with van der Waals surface area (Å²) in [5.74, 6) is 0.0421. The molecule has 0 radical (unpaired) electrons. The van der Waals surface area contributed by atoms with Crippen molar-refractivity contribution in [1.82, 2.24) is 14.4 Å². The van der Waals surface area contributed by atoms with Gasteiger partial charge >= 0.3 is 0 Å². The van der Waals surface area contributed by atoms with Gasteiger partial charge in [0.05, 0.1) is 19.8 Å². The van der Waals surface area contributed by atoms with Crippen molar-refractivity contribution in [2.75, 3.05) is 33.9 Å². The molecule has 7 nitrogen and oxygen atoms in total. The van der Waals surface area contributed by atoms with Crippen molar-refractivity contribution in [2.24, 2.45) is 0 Å². The Morgan fingerprint density at radius 3 is 2.57 bits per heavy atom. The van der Waals surface area contributed by atoms with E-state index in [9.17, 15) is 14.0 Å². The third-order valence-corrected chi connectivity index (χ3v) is 6.30. The van der Waals surface area contributed by atoms with Crippen LogP contribution < -0.4 is 9.47 Å². The standard InChI is InChI=1S/C27H30FN3O4/c1-4-13-30(27(33)21-12-11-19(34-2)17-24(21)35-3)18-25(32)31-16-15-29-14-7-10-23(29)26(31)20-8-5-6-9-22(20)28/h5-12,14,17,26H,4,13,15-16,18H2,1-3H3. The molecule has 0 aliphatic carbocycles. The van der Waals surface area contributed by atoms with Crippen LogP contribution in [0.4, 0.5) is 4.39 Å². The second-order valence-corrected chi connectivity index (χ2v) is 8.43. The largest absolute Gasteiger partial charge is 0.497 e. The van der Waals surface area contributed by atoms with Crippen molar-refractivity contribution in [1.29, 1.82) is 0 Å². The van der Waals surface area contributed by atoms with Crippen LogP contribution in [0.2, 0.25) is 0 Å². The summed E-state index contributed by atoms with van der Waals surface area (Å²) in [6, 6.07) is 14.7. The first-order chi connectivity index (χ1) is 17.0. The molecule has 0 saturated heterocycles. The van der Waals surface area contributed by atoms with Crippen molar-refractivity contribution < 1.29 is 23.5 Å². The third-order valence-electron chi connectivity index (χ3n) is 6.30. The molecule has 35 heavy (non-hydrogen) atoms. The van der Waals surface area contributed by atoms with E-state index < -0.39 is 6.04 Å². The predicted molar refractivity (Wildman–Crippen MR) is 130 cm³/mol. The molecule has 2 heterocycles. The van der Waals surface area contributed by atoms with E-state index in [0.717, 1.165) is 5.69 Å². The summed E-state index contributed by atoms with van der Waals surface area (Å²) < 4.78 is 27.5. The Labute approximate surface area is 204 Å². The fourth-order valence-corrected chi connectivity index (χ4v) is 4.60. The lowest BCUT2D eigenvalue weighted by Crippen LogP contribution is -2.48. The zero-order valence-corrected chi connectivity index (χ0v) is 20.2. The minimum Gasteiger partial charge on any atom is -0.497 e. The van der Waals surface area contributed by atoms with Gasteiger partial charge in [0, 0.05) is 43.2 Å². The van der Waals surface area contributed by atoms with Gasteiger partial charge in [-0.1, -0.05) is 25.1 Å². The average Bonchev–Trinajstić information content (AvgIpc) is 3.36. The van der Waals surface area contributed by atoms with Crippen LogP contribution in [-0.4, -0.2) is 60.0 Å². The number of benzene rings is 2. The van der Waals surface area contributed by atoms with Crippen LogP contribution in [0.1, 0.15) is 41.0 Å². The Hall–Kier alpha value is -3.81. The number of carbonyl (C=O) groups is 2. The fourth-order valence-electron chi connectivity index (χ4n) is 4.60. The number of fused-ring (bicyclic) bond motifs is 1. The number of rotatable bonds is 8. The maximum absolute atomic E-state index is 14.9. The fraction of sp³-hybridized carbons (Fsp3) is 0.333. The molecule has 1 unspecified atom stereocenters. The monoisotopic (exact) mass is 479 g/mol. The smallest absolute Gasteiger partial charge is 0.258 e. The quantitative estimate of drug-likeness (QED) is 0.488. The maximum atomic E-state index is 14.9. The number of hydrogen-bond donors (Lipinski definition) is 0. The molecule has 1 aromatic heterocycles. The third kappa shape index (κ3) is 4.87. The minimum absolute atomic E-state index is 0.118. The highest BCUT2D eigenvalue weighted by Crippen LogP contribution is 2.34. The number of halogens is 1. The Bertz CT molecular complexity index is 1210. The molecule has 0 fully saturated rings. The molecule has 8 heteroatoms. The summed E-state index contributed by atoms with van der Waals surface area (Å²) in [4.78, 5) is 30.3. The van der Waals surface area contributed by atoms with E-state index in [1.807, 2.05) is 29.8 Å². The van der Waals surface area contributed by atoms with Crippen molar-refractivity contribution in [3.63, 3.8) is 0 Å². The molecule has 0 spiro atoms. The summed E-state index contributed by atoms with van der Waals surface area (Å²) in [6.07, 6.45) is 2.62. The van der Waals surface area contributed by atoms with E-state index in [2.05, 4.69) is 0 Å². The molecule has 1 aliphatic heterocycles. The lowest BCUT2D eigenvalue weighted by Gasteiger charge is -2.38. The zero-order chi connectivity index (χ0) is 24.9. The van der Waals surface area contributed by atoms with Gasteiger partial charge in [-0.3, -0.25) is 9.59 Å². The number of amides is 2. The molecule has 1 atom stereocenters. The molecule has 0 N–H and O–H groups in total. The Morgan fingerprint density at radius 2 is 1.86 bits per heavy atom. The SMILES string of the molecule is CCCN(CC(=O)N1CCn2cccc2C1c1ccccc1F)C(=O)c1ccc(OC)cc1OC. The van der Waals surface area contributed by atoms with Crippen molar-refractivity contribution >= 4 is 11.8 Å². The van der Waals surface area contributed by atoms with E-state index in [1.54, 1.807) is 48.4 Å². The first kappa shape index (κ1) is 24.3. The average molecular weight is 480 g/mol. The van der Waals surface area contributed by atoms with Crippen LogP contribution in [0.15, 0.2) is 60.8 Å². The Balaban J connectivity index is 1.63. The van der Waals surface area contributed by atoms with Gasteiger partial charge in [-0.25, -0.2) is 4.39 Å². The van der Waals surface area contributed by atoms with Crippen molar-refractivity contribution in [3.05, 3.63) is 83.4 Å². The molecule has 1 aliphatic rings. The highest BCUT2D eigenvalue weighted by Gasteiger charge is 2.35. The van der Waals surface area contributed by atoms with Crippen LogP contribution in [0.3, 0.4) is 0 Å². The van der Waals surface area contributed by atoms with Crippen molar-refractivity contribution in [2.45, 2.75) is 25.9 Å². The molecule has 184 valence electrons. The second kappa shape index (κ2) is 10.6. The summed E-state index contributed by atoms with van der Waals surface area (Å²) >= 11 is 0. The normalized spacial score (nSPS) is 14.9. The first-order valence-corrected chi connectivity index (χ1v) is 11.7. The van der Waals surface area contributed by atoms with Crippen LogP contribution in [0.5, 0.6) is 11.5 Å². The molecular weight excluding hydrogens is 449 g/mol. The van der Waals surface area contributed by atoms with E-state index in [1.165, 1.54) is 18.1 Å². The van der Waals surface area contributed by atoms with E-state index in [4.69, 9.17) is 9.47 Å². The number of hydrogen-bond acceptors (Lipinski definition) is 4. The summed E-state index contributed by atoms with van der Waals surface area (Å²) in [6.45, 7) is 3.25. The lowest BCUT2D eigenvalue weighted by molar-refractivity contribution is -0.134. The molecule has 0 saturated carbocycles. The number of methoxy groups -OCH3 is 2. The minimum atomic E-state index is -0.568. The Morgan fingerprint density at radius 1 is 1.06 bits per heavy atom. The summed E-state index contributed by atoms with van der Waals surface area (Å²) in [5.41, 5.74) is 1.64. The zero-order valence-electron chi connectivity index (χ0n) is 20.2. The molecule has 3 aromatic rings. The van der Waals surface area contributed by atoms with E-state index >= 15 is 0 Å². The van der Waals surface area contributed by atoms with Crippen LogP contribution in [0, 0.1) is 5.82 Å². The topological polar surface area (TPSA) is 64.0 Å². The van der Waals surface area contributed by atoms with Gasteiger partial charge in [0.1, 0.15) is 29.9 Å². The van der Waals surface area contributed by atoms with E-state index in [-0.39, 0.29) is 24.2 Å².